The number of aromatic nitrogens is 2. The molecular formula is C23H18FN3O. The number of pyridine rings is 2. The van der Waals surface area contributed by atoms with Crippen LogP contribution in [-0.2, 0) is 6.54 Å². The third-order valence-corrected chi connectivity index (χ3v) is 4.54. The summed E-state index contributed by atoms with van der Waals surface area (Å²) in [6.45, 7) is 0.307. The minimum Gasteiger partial charge on any atom is -0.337 e. The molecule has 2 heterocycles. The van der Waals surface area contributed by atoms with Crippen LogP contribution in [0.25, 0.3) is 22.3 Å². The van der Waals surface area contributed by atoms with E-state index in [1.807, 2.05) is 36.4 Å². The Kier molecular flexibility index (Phi) is 4.81. The topological polar surface area (TPSA) is 46.1 Å². The number of fused-ring (bicyclic) bond motifs is 1. The molecule has 138 valence electrons. The highest BCUT2D eigenvalue weighted by Crippen LogP contribution is 2.25. The van der Waals surface area contributed by atoms with Crippen molar-refractivity contribution in [1.29, 1.82) is 0 Å². The van der Waals surface area contributed by atoms with E-state index in [2.05, 4.69) is 9.97 Å². The molecule has 0 aliphatic rings. The molecule has 0 unspecified atom stereocenters. The van der Waals surface area contributed by atoms with E-state index >= 15 is 0 Å². The molecule has 4 rings (SSSR count). The second kappa shape index (κ2) is 7.56. The Bertz CT molecular complexity index is 1140. The number of nitrogens with zero attached hydrogens (tertiary/aromatic N) is 3. The third kappa shape index (κ3) is 3.60. The zero-order chi connectivity index (χ0) is 19.5. The number of hydrogen-bond donors (Lipinski definition) is 0. The normalized spacial score (nSPS) is 10.8. The van der Waals surface area contributed by atoms with Gasteiger partial charge in [0.05, 0.1) is 11.3 Å². The predicted molar refractivity (Wildman–Crippen MR) is 107 cm³/mol. The molecule has 0 aliphatic heterocycles. The number of carbonyl (C=O) groups excluding carboxylic acids is 1. The molecule has 2 aromatic carbocycles. The van der Waals surface area contributed by atoms with Crippen molar-refractivity contribution < 1.29 is 9.18 Å². The number of benzene rings is 2. The summed E-state index contributed by atoms with van der Waals surface area (Å²) < 4.78 is 13.5. The quantitative estimate of drug-likeness (QED) is 0.522. The molecule has 0 saturated heterocycles. The van der Waals surface area contributed by atoms with Gasteiger partial charge in [0, 0.05) is 30.7 Å². The summed E-state index contributed by atoms with van der Waals surface area (Å²) in [5, 5.41) is 0.693. The molecule has 4 aromatic rings. The number of carbonyl (C=O) groups is 1. The van der Waals surface area contributed by atoms with E-state index in [0.29, 0.717) is 28.8 Å². The average Bonchev–Trinajstić information content (AvgIpc) is 2.73. The van der Waals surface area contributed by atoms with Crippen LogP contribution in [0.4, 0.5) is 4.39 Å². The van der Waals surface area contributed by atoms with Gasteiger partial charge in [-0.05, 0) is 35.9 Å². The number of amides is 1. The molecule has 0 aliphatic carbocycles. The zero-order valence-electron chi connectivity index (χ0n) is 15.3. The molecule has 5 heteroatoms. The third-order valence-electron chi connectivity index (χ3n) is 4.54. The molecule has 2 aromatic heterocycles. The van der Waals surface area contributed by atoms with Crippen molar-refractivity contribution in [3.05, 3.63) is 95.9 Å². The van der Waals surface area contributed by atoms with Crippen LogP contribution in [0, 0.1) is 5.82 Å². The monoisotopic (exact) mass is 371 g/mol. The van der Waals surface area contributed by atoms with Gasteiger partial charge in [-0.2, -0.15) is 0 Å². The lowest BCUT2D eigenvalue weighted by Crippen LogP contribution is -2.26. The summed E-state index contributed by atoms with van der Waals surface area (Å²) in [5.74, 6) is -0.481. The molecule has 1 amide bonds. The van der Waals surface area contributed by atoms with Crippen molar-refractivity contribution in [3.63, 3.8) is 0 Å². The molecule has 4 nitrogen and oxygen atoms in total. The standard InChI is InChI=1S/C23H18FN3O/c1-27(15-16-7-5-10-18(24)13-16)23(28)20-14-21(17-8-3-2-4-9-17)26-22-19(20)11-6-12-25-22/h2-14H,15H2,1H3. The maximum absolute atomic E-state index is 13.5. The fraction of sp³-hybridized carbons (Fsp3) is 0.0870. The van der Waals surface area contributed by atoms with Crippen LogP contribution < -0.4 is 0 Å². The minimum atomic E-state index is -0.316. The molecule has 0 radical (unpaired) electrons. The largest absolute Gasteiger partial charge is 0.337 e. The molecule has 0 saturated carbocycles. The molecule has 0 bridgehead atoms. The Balaban J connectivity index is 1.75. The Hall–Kier alpha value is -3.60. The summed E-state index contributed by atoms with van der Waals surface area (Å²) in [7, 11) is 1.71. The van der Waals surface area contributed by atoms with Gasteiger partial charge in [-0.1, -0.05) is 42.5 Å². The van der Waals surface area contributed by atoms with E-state index in [9.17, 15) is 9.18 Å². The Morgan fingerprint density at radius 1 is 1.00 bits per heavy atom. The van der Waals surface area contributed by atoms with Crippen LogP contribution >= 0.6 is 0 Å². The van der Waals surface area contributed by atoms with Crippen LogP contribution in [-0.4, -0.2) is 27.8 Å². The van der Waals surface area contributed by atoms with Crippen molar-refractivity contribution in [3.8, 4) is 11.3 Å². The maximum Gasteiger partial charge on any atom is 0.254 e. The average molecular weight is 371 g/mol. The minimum absolute atomic E-state index is 0.165. The fourth-order valence-corrected chi connectivity index (χ4v) is 3.18. The summed E-state index contributed by atoms with van der Waals surface area (Å²) >= 11 is 0. The van der Waals surface area contributed by atoms with Crippen LogP contribution in [0.3, 0.4) is 0 Å². The van der Waals surface area contributed by atoms with Crippen molar-refractivity contribution in [2.24, 2.45) is 0 Å². The second-order valence-corrected chi connectivity index (χ2v) is 6.59. The van der Waals surface area contributed by atoms with Crippen molar-refractivity contribution >= 4 is 16.9 Å². The van der Waals surface area contributed by atoms with Gasteiger partial charge in [0.15, 0.2) is 5.65 Å². The molecule has 0 fully saturated rings. The lowest BCUT2D eigenvalue weighted by molar-refractivity contribution is 0.0787. The van der Waals surface area contributed by atoms with Crippen LogP contribution in [0.1, 0.15) is 15.9 Å². The van der Waals surface area contributed by atoms with Gasteiger partial charge in [-0.3, -0.25) is 4.79 Å². The van der Waals surface area contributed by atoms with E-state index in [0.717, 1.165) is 11.1 Å². The summed E-state index contributed by atoms with van der Waals surface area (Å²) in [4.78, 5) is 23.7. The van der Waals surface area contributed by atoms with Crippen molar-refractivity contribution in [1.82, 2.24) is 14.9 Å². The molecule has 0 atom stereocenters. The number of rotatable bonds is 4. The Morgan fingerprint density at radius 2 is 1.82 bits per heavy atom. The van der Waals surface area contributed by atoms with E-state index in [1.165, 1.54) is 12.1 Å². The van der Waals surface area contributed by atoms with Crippen LogP contribution in [0.5, 0.6) is 0 Å². The number of halogens is 1. The van der Waals surface area contributed by atoms with E-state index < -0.39 is 0 Å². The maximum atomic E-state index is 13.5. The van der Waals surface area contributed by atoms with E-state index in [4.69, 9.17) is 0 Å². The predicted octanol–water partition coefficient (Wildman–Crippen LogP) is 4.71. The molecule has 28 heavy (non-hydrogen) atoms. The lowest BCUT2D eigenvalue weighted by atomic mass is 10.0. The van der Waals surface area contributed by atoms with E-state index in [-0.39, 0.29) is 11.7 Å². The van der Waals surface area contributed by atoms with Gasteiger partial charge in [0.25, 0.3) is 5.91 Å². The lowest BCUT2D eigenvalue weighted by Gasteiger charge is -2.19. The van der Waals surface area contributed by atoms with Gasteiger partial charge < -0.3 is 4.90 Å². The van der Waals surface area contributed by atoms with E-state index in [1.54, 1.807) is 42.4 Å². The van der Waals surface area contributed by atoms with Gasteiger partial charge in [0.1, 0.15) is 5.82 Å². The molecule has 0 N–H and O–H groups in total. The highest BCUT2D eigenvalue weighted by atomic mass is 19.1. The van der Waals surface area contributed by atoms with Crippen molar-refractivity contribution in [2.45, 2.75) is 6.54 Å². The first-order valence-corrected chi connectivity index (χ1v) is 8.93. The zero-order valence-corrected chi connectivity index (χ0v) is 15.3. The number of hydrogen-bond acceptors (Lipinski definition) is 3. The van der Waals surface area contributed by atoms with Gasteiger partial charge in [-0.15, -0.1) is 0 Å². The van der Waals surface area contributed by atoms with Crippen molar-refractivity contribution in [2.75, 3.05) is 7.05 Å². The highest BCUT2D eigenvalue weighted by Gasteiger charge is 2.18. The van der Waals surface area contributed by atoms with Gasteiger partial charge in [-0.25, -0.2) is 14.4 Å². The summed E-state index contributed by atoms with van der Waals surface area (Å²) in [6.07, 6.45) is 1.66. The first kappa shape index (κ1) is 17.8. The summed E-state index contributed by atoms with van der Waals surface area (Å²) in [5.41, 5.74) is 3.38. The second-order valence-electron chi connectivity index (χ2n) is 6.59. The Morgan fingerprint density at radius 3 is 2.61 bits per heavy atom. The summed E-state index contributed by atoms with van der Waals surface area (Å²) in [6, 6.07) is 21.4. The van der Waals surface area contributed by atoms with Gasteiger partial charge >= 0.3 is 0 Å². The SMILES string of the molecule is CN(Cc1cccc(F)c1)C(=O)c1cc(-c2ccccc2)nc2ncccc12. The molecule has 0 spiro atoms. The first-order valence-electron chi connectivity index (χ1n) is 8.93. The van der Waals surface area contributed by atoms with Gasteiger partial charge in [0.2, 0.25) is 0 Å². The first-order chi connectivity index (χ1) is 13.6. The van der Waals surface area contributed by atoms with Crippen LogP contribution in [0.15, 0.2) is 79.0 Å². The Labute approximate surface area is 162 Å². The highest BCUT2D eigenvalue weighted by molar-refractivity contribution is 6.06. The van der Waals surface area contributed by atoms with Crippen LogP contribution in [0.2, 0.25) is 0 Å². The molecular weight excluding hydrogens is 353 g/mol. The fourth-order valence-electron chi connectivity index (χ4n) is 3.18. The smallest absolute Gasteiger partial charge is 0.254 e.